The second-order valence-corrected chi connectivity index (χ2v) is 8.48. The Balaban J connectivity index is 1.44. The summed E-state index contributed by atoms with van der Waals surface area (Å²) in [6, 6.07) is 4.70. The van der Waals surface area contributed by atoms with Gasteiger partial charge in [-0.3, -0.25) is 14.6 Å². The Labute approximate surface area is 150 Å². The normalized spacial score (nSPS) is 27.8. The first-order valence-electron chi connectivity index (χ1n) is 9.42. The molecule has 0 radical (unpaired) electrons. The molecule has 134 valence electrons. The number of hydrogen-bond acceptors (Lipinski definition) is 4. The van der Waals surface area contributed by atoms with Crippen molar-refractivity contribution in [3.63, 3.8) is 0 Å². The lowest BCUT2D eigenvalue weighted by molar-refractivity contribution is -0.127. The van der Waals surface area contributed by atoms with E-state index in [1.54, 1.807) is 0 Å². The third-order valence-corrected chi connectivity index (χ3v) is 6.59. The van der Waals surface area contributed by atoms with Crippen LogP contribution in [0.5, 0.6) is 0 Å². The van der Waals surface area contributed by atoms with E-state index in [1.807, 2.05) is 11.3 Å². The Morgan fingerprint density at radius 3 is 2.71 bits per heavy atom. The van der Waals surface area contributed by atoms with E-state index in [9.17, 15) is 4.79 Å². The summed E-state index contributed by atoms with van der Waals surface area (Å²) in [6.07, 6.45) is 4.97. The Hall–Kier alpha value is -0.910. The monoisotopic (exact) mass is 349 g/mol. The van der Waals surface area contributed by atoms with Crippen LogP contribution in [-0.2, 0) is 11.3 Å². The molecule has 0 aromatic carbocycles. The lowest BCUT2D eigenvalue weighted by atomic mass is 9.86. The average molecular weight is 350 g/mol. The van der Waals surface area contributed by atoms with Gasteiger partial charge in [-0.25, -0.2) is 0 Å². The highest BCUT2D eigenvalue weighted by Crippen LogP contribution is 2.24. The molecule has 1 aliphatic heterocycles. The van der Waals surface area contributed by atoms with E-state index in [-0.39, 0.29) is 11.9 Å². The minimum atomic E-state index is -0.0111. The Kier molecular flexibility index (Phi) is 6.31. The van der Waals surface area contributed by atoms with Gasteiger partial charge in [0.1, 0.15) is 0 Å². The molecule has 24 heavy (non-hydrogen) atoms. The van der Waals surface area contributed by atoms with Gasteiger partial charge in [-0.2, -0.15) is 0 Å². The molecule has 1 saturated carbocycles. The van der Waals surface area contributed by atoms with Crippen molar-refractivity contribution >= 4 is 17.2 Å². The number of carbonyl (C=O) groups excluding carboxylic acids is 1. The smallest absolute Gasteiger partial charge is 0.237 e. The molecule has 1 aromatic heterocycles. The topological polar surface area (TPSA) is 35.6 Å². The van der Waals surface area contributed by atoms with Crippen molar-refractivity contribution in [2.75, 3.05) is 26.2 Å². The summed E-state index contributed by atoms with van der Waals surface area (Å²) in [5.74, 6) is 0.845. The molecule has 1 amide bonds. The van der Waals surface area contributed by atoms with Crippen LogP contribution in [0.1, 0.15) is 44.4 Å². The van der Waals surface area contributed by atoms with Crippen LogP contribution in [0.2, 0.25) is 0 Å². The quantitative estimate of drug-likeness (QED) is 0.888. The Bertz CT molecular complexity index is 511. The standard InChI is InChI=1S/C19H31N3OS/c1-15-6-3-4-8-18(15)20-19(23)16(2)22-11-9-21(10-12-22)14-17-7-5-13-24-17/h5,7,13,15-16,18H,3-4,6,8-12,14H2,1-2H3,(H,20,23)/t15-,16-,18+/m1/s1. The van der Waals surface area contributed by atoms with E-state index < -0.39 is 0 Å². The number of rotatable bonds is 5. The average Bonchev–Trinajstić information content (AvgIpc) is 3.10. The summed E-state index contributed by atoms with van der Waals surface area (Å²) in [5.41, 5.74) is 0. The Morgan fingerprint density at radius 1 is 1.29 bits per heavy atom. The zero-order valence-corrected chi connectivity index (χ0v) is 15.9. The first kappa shape index (κ1) is 17.9. The molecule has 1 aromatic rings. The zero-order valence-electron chi connectivity index (χ0n) is 15.0. The van der Waals surface area contributed by atoms with E-state index in [2.05, 4.69) is 46.5 Å². The van der Waals surface area contributed by atoms with Crippen molar-refractivity contribution in [1.29, 1.82) is 0 Å². The maximum Gasteiger partial charge on any atom is 0.237 e. The maximum atomic E-state index is 12.6. The Morgan fingerprint density at radius 2 is 2.04 bits per heavy atom. The summed E-state index contributed by atoms with van der Waals surface area (Å²) in [5, 5.41) is 5.46. The lowest BCUT2D eigenvalue weighted by Gasteiger charge is -2.38. The minimum Gasteiger partial charge on any atom is -0.352 e. The van der Waals surface area contributed by atoms with Crippen molar-refractivity contribution < 1.29 is 4.79 Å². The van der Waals surface area contributed by atoms with E-state index >= 15 is 0 Å². The number of nitrogens with one attached hydrogen (secondary N) is 1. The fourth-order valence-electron chi connectivity index (χ4n) is 3.93. The highest BCUT2D eigenvalue weighted by atomic mass is 32.1. The SMILES string of the molecule is C[C@@H]1CCCC[C@@H]1NC(=O)[C@@H](C)N1CCN(Cc2cccs2)CC1. The number of nitrogens with zero attached hydrogens (tertiary/aromatic N) is 2. The minimum absolute atomic E-state index is 0.0111. The molecule has 4 nitrogen and oxygen atoms in total. The lowest BCUT2D eigenvalue weighted by Crippen LogP contribution is -2.55. The molecule has 3 rings (SSSR count). The van der Waals surface area contributed by atoms with E-state index in [0.29, 0.717) is 12.0 Å². The molecular formula is C19H31N3OS. The van der Waals surface area contributed by atoms with Gasteiger partial charge in [0.05, 0.1) is 6.04 Å². The van der Waals surface area contributed by atoms with Crippen LogP contribution in [0, 0.1) is 5.92 Å². The molecule has 0 spiro atoms. The molecule has 2 aliphatic rings. The molecule has 1 N–H and O–H groups in total. The second-order valence-electron chi connectivity index (χ2n) is 7.44. The van der Waals surface area contributed by atoms with Crippen LogP contribution in [0.4, 0.5) is 0 Å². The van der Waals surface area contributed by atoms with Crippen LogP contribution < -0.4 is 5.32 Å². The third kappa shape index (κ3) is 4.58. The molecule has 2 fully saturated rings. The summed E-state index contributed by atoms with van der Waals surface area (Å²) in [7, 11) is 0. The highest BCUT2D eigenvalue weighted by Gasteiger charge is 2.29. The molecule has 0 unspecified atom stereocenters. The zero-order chi connectivity index (χ0) is 16.9. The molecule has 5 heteroatoms. The van der Waals surface area contributed by atoms with E-state index in [4.69, 9.17) is 0 Å². The van der Waals surface area contributed by atoms with Gasteiger partial charge in [-0.15, -0.1) is 11.3 Å². The number of hydrogen-bond donors (Lipinski definition) is 1. The first-order chi connectivity index (χ1) is 11.6. The largest absolute Gasteiger partial charge is 0.352 e. The van der Waals surface area contributed by atoms with Crippen molar-refractivity contribution in [3.05, 3.63) is 22.4 Å². The summed E-state index contributed by atoms with van der Waals surface area (Å²) in [4.78, 5) is 18.9. The number of piperazine rings is 1. The number of carbonyl (C=O) groups is 1. The first-order valence-corrected chi connectivity index (χ1v) is 10.3. The number of thiophene rings is 1. The van der Waals surface area contributed by atoms with Crippen molar-refractivity contribution in [2.45, 2.75) is 58.2 Å². The number of amides is 1. The van der Waals surface area contributed by atoms with Gasteiger partial charge in [-0.1, -0.05) is 25.8 Å². The van der Waals surface area contributed by atoms with Crippen molar-refractivity contribution in [2.24, 2.45) is 5.92 Å². The summed E-state index contributed by atoms with van der Waals surface area (Å²) in [6.45, 7) is 9.46. The summed E-state index contributed by atoms with van der Waals surface area (Å²) >= 11 is 1.83. The van der Waals surface area contributed by atoms with E-state index in [0.717, 1.165) is 39.1 Å². The second kappa shape index (κ2) is 8.45. The summed E-state index contributed by atoms with van der Waals surface area (Å²) < 4.78 is 0. The van der Waals surface area contributed by atoms with Gasteiger partial charge < -0.3 is 5.32 Å². The maximum absolute atomic E-state index is 12.6. The van der Waals surface area contributed by atoms with Gasteiger partial charge in [0.2, 0.25) is 5.91 Å². The van der Waals surface area contributed by atoms with E-state index in [1.165, 1.54) is 24.1 Å². The van der Waals surface area contributed by atoms with Crippen molar-refractivity contribution in [1.82, 2.24) is 15.1 Å². The third-order valence-electron chi connectivity index (χ3n) is 5.73. The van der Waals surface area contributed by atoms with Crippen molar-refractivity contribution in [3.8, 4) is 0 Å². The molecule has 3 atom stereocenters. The predicted octanol–water partition coefficient (Wildman–Crippen LogP) is 2.95. The molecule has 1 aliphatic carbocycles. The molecule has 0 bridgehead atoms. The fourth-order valence-corrected chi connectivity index (χ4v) is 4.68. The molecule has 1 saturated heterocycles. The van der Waals surface area contributed by atoms with Gasteiger partial charge in [0.15, 0.2) is 0 Å². The molecule has 2 heterocycles. The highest BCUT2D eigenvalue weighted by molar-refractivity contribution is 7.09. The van der Waals surface area contributed by atoms with Gasteiger partial charge in [0, 0.05) is 43.6 Å². The van der Waals surface area contributed by atoms with Gasteiger partial charge in [-0.05, 0) is 37.1 Å². The van der Waals surface area contributed by atoms with Gasteiger partial charge in [0.25, 0.3) is 0 Å². The van der Waals surface area contributed by atoms with Crippen LogP contribution >= 0.6 is 11.3 Å². The predicted molar refractivity (Wildman–Crippen MR) is 100 cm³/mol. The van der Waals surface area contributed by atoms with Crippen LogP contribution in [0.25, 0.3) is 0 Å². The fraction of sp³-hybridized carbons (Fsp3) is 0.737. The van der Waals surface area contributed by atoms with Gasteiger partial charge >= 0.3 is 0 Å². The van der Waals surface area contributed by atoms with Crippen LogP contribution in [-0.4, -0.2) is 54.0 Å². The van der Waals surface area contributed by atoms with Crippen LogP contribution in [0.15, 0.2) is 17.5 Å². The molecular weight excluding hydrogens is 318 g/mol. The van der Waals surface area contributed by atoms with Crippen LogP contribution in [0.3, 0.4) is 0 Å².